The highest BCUT2D eigenvalue weighted by Gasteiger charge is 2.05. The van der Waals surface area contributed by atoms with Crippen LogP contribution in [0.3, 0.4) is 0 Å². The van der Waals surface area contributed by atoms with Gasteiger partial charge in [-0.05, 0) is 41.0 Å². The van der Waals surface area contributed by atoms with Gasteiger partial charge in [0.2, 0.25) is 0 Å². The Hall–Kier alpha value is -3.07. The van der Waals surface area contributed by atoms with E-state index in [9.17, 15) is 0 Å². The number of benzene rings is 3. The van der Waals surface area contributed by atoms with Crippen LogP contribution in [0.2, 0.25) is 0 Å². The summed E-state index contributed by atoms with van der Waals surface area (Å²) in [5, 5.41) is 7.60. The monoisotopic (exact) mass is 315 g/mol. The predicted molar refractivity (Wildman–Crippen MR) is 101 cm³/mol. The molecule has 0 heterocycles. The van der Waals surface area contributed by atoms with Crippen molar-refractivity contribution < 1.29 is 0 Å². The molecule has 0 aromatic heterocycles. The van der Waals surface area contributed by atoms with Gasteiger partial charge in [0.05, 0.1) is 0 Å². The molecule has 0 aliphatic rings. The number of anilines is 1. The largest absolute Gasteiger partial charge is 0.384 e. The summed E-state index contributed by atoms with van der Waals surface area (Å²) >= 11 is 0. The Morgan fingerprint density at radius 1 is 0.875 bits per heavy atom. The van der Waals surface area contributed by atoms with Gasteiger partial charge in [0, 0.05) is 24.8 Å². The molecule has 0 saturated carbocycles. The lowest BCUT2D eigenvalue weighted by atomic mass is 10.0. The van der Waals surface area contributed by atoms with Crippen molar-refractivity contribution >= 4 is 11.5 Å². The second-order valence-electron chi connectivity index (χ2n) is 5.89. The molecule has 0 aliphatic carbocycles. The minimum absolute atomic E-state index is 0.0943. The van der Waals surface area contributed by atoms with Gasteiger partial charge in [-0.2, -0.15) is 0 Å². The molecule has 3 N–H and O–H groups in total. The molecule has 0 amide bonds. The third-order valence-electron chi connectivity index (χ3n) is 4.05. The Labute approximate surface area is 142 Å². The summed E-state index contributed by atoms with van der Waals surface area (Å²) in [6.07, 6.45) is 0. The standard InChI is InChI=1S/C21H21N3/c1-24(20-11-3-2-4-12-20)15-16-7-5-8-17(13-16)18-9-6-10-19(14-18)21(22)23/h2-14H,15H2,1H3,(H3,22,23). The summed E-state index contributed by atoms with van der Waals surface area (Å²) in [5.41, 5.74) is 11.0. The zero-order valence-electron chi connectivity index (χ0n) is 13.7. The van der Waals surface area contributed by atoms with Gasteiger partial charge in [-0.1, -0.05) is 54.6 Å². The Kier molecular flexibility index (Phi) is 4.62. The van der Waals surface area contributed by atoms with E-state index in [-0.39, 0.29) is 5.84 Å². The van der Waals surface area contributed by atoms with Gasteiger partial charge in [0.15, 0.2) is 0 Å². The number of hydrogen-bond acceptors (Lipinski definition) is 2. The lowest BCUT2D eigenvalue weighted by Crippen LogP contribution is -2.16. The van der Waals surface area contributed by atoms with Crippen molar-refractivity contribution in [3.63, 3.8) is 0 Å². The zero-order valence-corrected chi connectivity index (χ0v) is 13.7. The summed E-state index contributed by atoms with van der Waals surface area (Å²) in [4.78, 5) is 2.23. The van der Waals surface area contributed by atoms with Crippen LogP contribution in [0.25, 0.3) is 11.1 Å². The number of nitrogens with zero attached hydrogens (tertiary/aromatic N) is 1. The first-order chi connectivity index (χ1) is 11.6. The predicted octanol–water partition coefficient (Wildman–Crippen LogP) is 4.27. The summed E-state index contributed by atoms with van der Waals surface area (Å²) < 4.78 is 0. The fourth-order valence-corrected chi connectivity index (χ4v) is 2.76. The van der Waals surface area contributed by atoms with Crippen molar-refractivity contribution in [2.45, 2.75) is 6.54 Å². The van der Waals surface area contributed by atoms with E-state index in [0.717, 1.165) is 23.2 Å². The molecule has 0 bridgehead atoms. The Bertz CT molecular complexity index is 840. The molecular formula is C21H21N3. The molecule has 0 fully saturated rings. The number of para-hydroxylation sites is 1. The van der Waals surface area contributed by atoms with Crippen molar-refractivity contribution in [3.8, 4) is 11.1 Å². The summed E-state index contributed by atoms with van der Waals surface area (Å²) in [7, 11) is 2.10. The van der Waals surface area contributed by atoms with Crippen LogP contribution in [-0.2, 0) is 6.54 Å². The van der Waals surface area contributed by atoms with E-state index in [1.807, 2.05) is 30.3 Å². The normalized spacial score (nSPS) is 10.4. The molecule has 0 unspecified atom stereocenters. The van der Waals surface area contributed by atoms with Crippen LogP contribution in [-0.4, -0.2) is 12.9 Å². The van der Waals surface area contributed by atoms with Gasteiger partial charge in [-0.25, -0.2) is 0 Å². The van der Waals surface area contributed by atoms with Crippen molar-refractivity contribution in [2.24, 2.45) is 5.73 Å². The lowest BCUT2D eigenvalue weighted by Gasteiger charge is -2.19. The Morgan fingerprint density at radius 2 is 1.54 bits per heavy atom. The van der Waals surface area contributed by atoms with E-state index < -0.39 is 0 Å². The maximum atomic E-state index is 7.60. The van der Waals surface area contributed by atoms with Gasteiger partial charge in [-0.15, -0.1) is 0 Å². The lowest BCUT2D eigenvalue weighted by molar-refractivity contribution is 0.923. The van der Waals surface area contributed by atoms with Crippen molar-refractivity contribution in [1.82, 2.24) is 0 Å². The summed E-state index contributed by atoms with van der Waals surface area (Å²) in [6, 6.07) is 26.7. The molecule has 120 valence electrons. The van der Waals surface area contributed by atoms with Gasteiger partial charge in [-0.3, -0.25) is 5.41 Å². The highest BCUT2D eigenvalue weighted by Crippen LogP contribution is 2.23. The van der Waals surface area contributed by atoms with E-state index in [4.69, 9.17) is 11.1 Å². The van der Waals surface area contributed by atoms with Crippen LogP contribution >= 0.6 is 0 Å². The number of rotatable bonds is 5. The first kappa shape index (κ1) is 15.8. The third-order valence-corrected chi connectivity index (χ3v) is 4.05. The second kappa shape index (κ2) is 7.01. The molecular weight excluding hydrogens is 294 g/mol. The minimum Gasteiger partial charge on any atom is -0.384 e. The molecule has 3 rings (SSSR count). The van der Waals surface area contributed by atoms with Crippen LogP contribution in [0.5, 0.6) is 0 Å². The second-order valence-corrected chi connectivity index (χ2v) is 5.89. The summed E-state index contributed by atoms with van der Waals surface area (Å²) in [5.74, 6) is 0.0943. The SMILES string of the molecule is CN(Cc1cccc(-c2cccc(C(=N)N)c2)c1)c1ccccc1. The molecule has 24 heavy (non-hydrogen) atoms. The fourth-order valence-electron chi connectivity index (χ4n) is 2.76. The van der Waals surface area contributed by atoms with Crippen molar-refractivity contribution in [1.29, 1.82) is 5.41 Å². The molecule has 0 saturated heterocycles. The first-order valence-electron chi connectivity index (χ1n) is 7.93. The van der Waals surface area contributed by atoms with Gasteiger partial charge >= 0.3 is 0 Å². The number of amidine groups is 1. The number of nitrogen functional groups attached to an aromatic ring is 1. The number of nitrogens with two attached hydrogens (primary N) is 1. The molecule has 3 aromatic carbocycles. The van der Waals surface area contributed by atoms with Gasteiger partial charge in [0.1, 0.15) is 5.84 Å². The van der Waals surface area contributed by atoms with E-state index in [1.165, 1.54) is 11.3 Å². The van der Waals surface area contributed by atoms with E-state index in [2.05, 4.69) is 60.5 Å². The van der Waals surface area contributed by atoms with Crippen LogP contribution in [0, 0.1) is 5.41 Å². The van der Waals surface area contributed by atoms with E-state index in [0.29, 0.717) is 0 Å². The molecule has 3 heteroatoms. The average molecular weight is 315 g/mol. The summed E-state index contributed by atoms with van der Waals surface area (Å²) in [6.45, 7) is 0.838. The minimum atomic E-state index is 0.0943. The highest BCUT2D eigenvalue weighted by molar-refractivity contribution is 5.96. The molecule has 0 spiro atoms. The van der Waals surface area contributed by atoms with Crippen LogP contribution in [0.15, 0.2) is 78.9 Å². The van der Waals surface area contributed by atoms with E-state index >= 15 is 0 Å². The number of hydrogen-bond donors (Lipinski definition) is 2. The maximum Gasteiger partial charge on any atom is 0.122 e. The van der Waals surface area contributed by atoms with Gasteiger partial charge < -0.3 is 10.6 Å². The quantitative estimate of drug-likeness (QED) is 0.545. The zero-order chi connectivity index (χ0) is 16.9. The van der Waals surface area contributed by atoms with Crippen molar-refractivity contribution in [2.75, 3.05) is 11.9 Å². The maximum absolute atomic E-state index is 7.60. The average Bonchev–Trinajstić information content (AvgIpc) is 2.63. The molecule has 3 aromatic rings. The Morgan fingerprint density at radius 3 is 2.25 bits per heavy atom. The van der Waals surface area contributed by atoms with E-state index in [1.54, 1.807) is 0 Å². The topological polar surface area (TPSA) is 53.1 Å². The third kappa shape index (κ3) is 3.63. The molecule has 0 radical (unpaired) electrons. The molecule has 0 aliphatic heterocycles. The molecule has 3 nitrogen and oxygen atoms in total. The van der Waals surface area contributed by atoms with Gasteiger partial charge in [0.25, 0.3) is 0 Å². The Balaban J connectivity index is 1.84. The highest BCUT2D eigenvalue weighted by atomic mass is 15.1. The van der Waals surface area contributed by atoms with Crippen LogP contribution in [0.1, 0.15) is 11.1 Å². The smallest absolute Gasteiger partial charge is 0.122 e. The fraction of sp³-hybridized carbons (Fsp3) is 0.0952. The molecule has 0 atom stereocenters. The van der Waals surface area contributed by atoms with Crippen LogP contribution < -0.4 is 10.6 Å². The van der Waals surface area contributed by atoms with Crippen molar-refractivity contribution in [3.05, 3.63) is 90.0 Å². The van der Waals surface area contributed by atoms with Crippen LogP contribution in [0.4, 0.5) is 5.69 Å². The number of nitrogens with one attached hydrogen (secondary N) is 1. The first-order valence-corrected chi connectivity index (χ1v) is 7.93.